The van der Waals surface area contributed by atoms with Crippen molar-refractivity contribution < 1.29 is 13.2 Å². The van der Waals surface area contributed by atoms with Crippen molar-refractivity contribution in [2.75, 3.05) is 18.0 Å². The maximum absolute atomic E-state index is 12.5. The predicted molar refractivity (Wildman–Crippen MR) is 67.8 cm³/mol. The van der Waals surface area contributed by atoms with Crippen molar-refractivity contribution in [2.24, 2.45) is 5.73 Å². The summed E-state index contributed by atoms with van der Waals surface area (Å²) in [6.45, 7) is 2.44. The fourth-order valence-corrected chi connectivity index (χ4v) is 2.02. The Hall–Kier alpha value is -1.56. The van der Waals surface area contributed by atoms with Gasteiger partial charge in [-0.05, 0) is 25.5 Å². The number of hydrogen-bond acceptors (Lipinski definition) is 3. The number of halogens is 3. The van der Waals surface area contributed by atoms with Crippen molar-refractivity contribution in [3.05, 3.63) is 35.7 Å². The molecule has 0 bridgehead atoms. The Morgan fingerprint density at radius 2 is 2.11 bits per heavy atom. The molecule has 0 saturated heterocycles. The van der Waals surface area contributed by atoms with Crippen LogP contribution in [0.3, 0.4) is 0 Å². The molecular formula is C13H16F3N3. The molecule has 1 atom stereocenters. The van der Waals surface area contributed by atoms with Crippen LogP contribution in [0.25, 0.3) is 0 Å². The van der Waals surface area contributed by atoms with Gasteiger partial charge in [-0.2, -0.15) is 13.2 Å². The van der Waals surface area contributed by atoms with E-state index < -0.39 is 11.7 Å². The van der Waals surface area contributed by atoms with Crippen molar-refractivity contribution in [2.45, 2.75) is 25.6 Å². The smallest absolute Gasteiger partial charge is 0.366 e. The Balaban J connectivity index is 2.07. The van der Waals surface area contributed by atoms with Crippen LogP contribution in [-0.4, -0.2) is 24.2 Å². The number of anilines is 1. The third-order valence-corrected chi connectivity index (χ3v) is 3.18. The van der Waals surface area contributed by atoms with Gasteiger partial charge in [0.1, 0.15) is 0 Å². The minimum Gasteiger partial charge on any atom is -0.366 e. The molecule has 0 spiro atoms. The molecule has 0 unspecified atom stereocenters. The van der Waals surface area contributed by atoms with Crippen LogP contribution in [0.5, 0.6) is 0 Å². The van der Waals surface area contributed by atoms with Crippen LogP contribution in [0.1, 0.15) is 25.1 Å². The van der Waals surface area contributed by atoms with Crippen molar-refractivity contribution >= 4 is 5.69 Å². The van der Waals surface area contributed by atoms with Crippen molar-refractivity contribution in [3.63, 3.8) is 0 Å². The van der Waals surface area contributed by atoms with Crippen LogP contribution in [0.2, 0.25) is 0 Å². The summed E-state index contributed by atoms with van der Waals surface area (Å²) in [5.41, 5.74) is 6.85. The van der Waals surface area contributed by atoms with Gasteiger partial charge in [-0.3, -0.25) is 4.98 Å². The van der Waals surface area contributed by atoms with Gasteiger partial charge in [0, 0.05) is 24.7 Å². The first-order chi connectivity index (χ1) is 8.88. The van der Waals surface area contributed by atoms with Gasteiger partial charge in [0.05, 0.1) is 17.6 Å². The molecule has 19 heavy (non-hydrogen) atoms. The molecule has 2 heterocycles. The van der Waals surface area contributed by atoms with E-state index in [1.54, 1.807) is 6.20 Å². The van der Waals surface area contributed by atoms with E-state index in [9.17, 15) is 13.2 Å². The molecule has 2 N–H and O–H groups in total. The molecule has 0 radical (unpaired) electrons. The number of hydrogen-bond donors (Lipinski definition) is 1. The second-order valence-corrected chi connectivity index (χ2v) is 4.65. The minimum absolute atomic E-state index is 0.0124. The van der Waals surface area contributed by atoms with Crippen LogP contribution in [-0.2, 0) is 0 Å². The van der Waals surface area contributed by atoms with Gasteiger partial charge < -0.3 is 10.6 Å². The predicted octanol–water partition coefficient (Wildman–Crippen LogP) is 2.80. The lowest BCUT2D eigenvalue weighted by molar-refractivity contribution is -0.0943. The number of pyridine rings is 1. The lowest BCUT2D eigenvalue weighted by Gasteiger charge is -2.29. The van der Waals surface area contributed by atoms with E-state index in [1.165, 1.54) is 6.08 Å². The summed E-state index contributed by atoms with van der Waals surface area (Å²) in [4.78, 5) is 6.08. The first-order valence-corrected chi connectivity index (χ1v) is 6.10. The summed E-state index contributed by atoms with van der Waals surface area (Å²) in [7, 11) is 0. The summed E-state index contributed by atoms with van der Waals surface area (Å²) >= 11 is 0. The van der Waals surface area contributed by atoms with E-state index in [2.05, 4.69) is 4.98 Å². The van der Waals surface area contributed by atoms with E-state index in [0.717, 1.165) is 11.4 Å². The van der Waals surface area contributed by atoms with Crippen molar-refractivity contribution in [1.29, 1.82) is 0 Å². The van der Waals surface area contributed by atoms with E-state index in [0.29, 0.717) is 6.54 Å². The third-order valence-electron chi connectivity index (χ3n) is 3.18. The topological polar surface area (TPSA) is 42.1 Å². The Bertz CT molecular complexity index is 463. The zero-order chi connectivity index (χ0) is 14.0. The Morgan fingerprint density at radius 1 is 1.37 bits per heavy atom. The molecule has 3 nitrogen and oxygen atoms in total. The summed E-state index contributed by atoms with van der Waals surface area (Å²) in [5.74, 6) is 0. The quantitative estimate of drug-likeness (QED) is 0.841. The van der Waals surface area contributed by atoms with Gasteiger partial charge in [-0.25, -0.2) is 0 Å². The maximum atomic E-state index is 12.5. The Kier molecular flexibility index (Phi) is 3.80. The lowest BCUT2D eigenvalue weighted by Crippen LogP contribution is -2.31. The average molecular weight is 271 g/mol. The molecule has 1 aliphatic heterocycles. The van der Waals surface area contributed by atoms with Crippen LogP contribution in [0.4, 0.5) is 18.9 Å². The molecule has 0 aliphatic carbocycles. The molecule has 104 valence electrons. The summed E-state index contributed by atoms with van der Waals surface area (Å²) in [5, 5.41) is 0. The first-order valence-electron chi connectivity index (χ1n) is 6.10. The zero-order valence-electron chi connectivity index (χ0n) is 10.6. The molecule has 0 fully saturated rings. The molecule has 1 aromatic rings. The van der Waals surface area contributed by atoms with Gasteiger partial charge in [-0.1, -0.05) is 6.08 Å². The monoisotopic (exact) mass is 271 g/mol. The number of nitrogens with two attached hydrogens (primary N) is 1. The standard InChI is InChI=1S/C13H16F3N3/c1-9(17)12-3-2-11(8-18-12)19-6-4-10(5-7-19)13(14,15)16/h2-4,8-9H,5-7,17H2,1H3/t9-/m0/s1. The summed E-state index contributed by atoms with van der Waals surface area (Å²) in [6, 6.07) is 3.51. The van der Waals surface area contributed by atoms with Crippen molar-refractivity contribution in [3.8, 4) is 0 Å². The average Bonchev–Trinajstić information content (AvgIpc) is 2.38. The van der Waals surface area contributed by atoms with Crippen molar-refractivity contribution in [1.82, 2.24) is 4.98 Å². The molecule has 2 rings (SSSR count). The molecule has 6 heteroatoms. The summed E-state index contributed by atoms with van der Waals surface area (Å²) in [6.07, 6.45) is -1.30. The number of alkyl halides is 3. The van der Waals surface area contributed by atoms with Crippen LogP contribution in [0.15, 0.2) is 30.0 Å². The lowest BCUT2D eigenvalue weighted by atomic mass is 10.1. The maximum Gasteiger partial charge on any atom is 0.412 e. The van der Waals surface area contributed by atoms with Gasteiger partial charge in [0.15, 0.2) is 0 Å². The first kappa shape index (κ1) is 13.9. The van der Waals surface area contributed by atoms with Gasteiger partial charge in [0.2, 0.25) is 0 Å². The van der Waals surface area contributed by atoms with E-state index in [4.69, 9.17) is 5.73 Å². The fraction of sp³-hybridized carbons (Fsp3) is 0.462. The van der Waals surface area contributed by atoms with Crippen LogP contribution < -0.4 is 10.6 Å². The largest absolute Gasteiger partial charge is 0.412 e. The molecule has 0 amide bonds. The van der Waals surface area contributed by atoms with E-state index in [-0.39, 0.29) is 19.0 Å². The fourth-order valence-electron chi connectivity index (χ4n) is 2.02. The van der Waals surface area contributed by atoms with Crippen LogP contribution >= 0.6 is 0 Å². The van der Waals surface area contributed by atoms with Crippen LogP contribution in [0, 0.1) is 0 Å². The molecular weight excluding hydrogens is 255 g/mol. The Labute approximate surface area is 109 Å². The SMILES string of the molecule is C[C@H](N)c1ccc(N2CC=C(C(F)(F)F)CC2)cn1. The molecule has 0 aromatic carbocycles. The normalized spacial score (nSPS) is 18.2. The van der Waals surface area contributed by atoms with E-state index >= 15 is 0 Å². The second kappa shape index (κ2) is 5.21. The number of aromatic nitrogens is 1. The Morgan fingerprint density at radius 3 is 2.53 bits per heavy atom. The molecule has 1 aromatic heterocycles. The van der Waals surface area contributed by atoms with Gasteiger partial charge in [-0.15, -0.1) is 0 Å². The zero-order valence-corrected chi connectivity index (χ0v) is 10.6. The van der Waals surface area contributed by atoms with E-state index in [1.807, 2.05) is 24.0 Å². The third kappa shape index (κ3) is 3.26. The second-order valence-electron chi connectivity index (χ2n) is 4.65. The molecule has 1 aliphatic rings. The highest BCUT2D eigenvalue weighted by Gasteiger charge is 2.34. The summed E-state index contributed by atoms with van der Waals surface area (Å²) < 4.78 is 37.5. The number of rotatable bonds is 2. The van der Waals surface area contributed by atoms with Gasteiger partial charge in [0.25, 0.3) is 0 Å². The highest BCUT2D eigenvalue weighted by molar-refractivity contribution is 5.47. The van der Waals surface area contributed by atoms with Gasteiger partial charge >= 0.3 is 6.18 Å². The highest BCUT2D eigenvalue weighted by atomic mass is 19.4. The molecule has 0 saturated carbocycles. The number of nitrogens with zero attached hydrogens (tertiary/aromatic N) is 2. The highest BCUT2D eigenvalue weighted by Crippen LogP contribution is 2.31. The minimum atomic E-state index is -4.21.